The Morgan fingerprint density at radius 2 is 1.82 bits per heavy atom. The summed E-state index contributed by atoms with van der Waals surface area (Å²) in [6.07, 6.45) is -0.777. The fourth-order valence-electron chi connectivity index (χ4n) is 0.540. The van der Waals surface area contributed by atoms with Crippen LogP contribution in [0.2, 0.25) is 0 Å². The van der Waals surface area contributed by atoms with Gasteiger partial charge in [0.25, 0.3) is 0 Å². The van der Waals surface area contributed by atoms with Crippen molar-refractivity contribution in [2.24, 2.45) is 0 Å². The van der Waals surface area contributed by atoms with Crippen molar-refractivity contribution in [2.75, 3.05) is 14.2 Å². The third kappa shape index (κ3) is 2.84. The van der Waals surface area contributed by atoms with Crippen LogP contribution >= 0.6 is 23.5 Å². The molecule has 0 saturated heterocycles. The molecule has 0 saturated carbocycles. The Hall–Kier alpha value is 0.590. The molecule has 0 aliphatic heterocycles. The molecule has 0 amide bonds. The molecule has 0 fully saturated rings. The molecule has 4 nitrogen and oxygen atoms in total. The van der Waals surface area contributed by atoms with Gasteiger partial charge in [0.15, 0.2) is 0 Å². The average Bonchev–Trinajstić information content (AvgIpc) is 2.01. The monoisotopic (exact) mass is 246 g/mol. The molecule has 0 aromatic heterocycles. The highest BCUT2D eigenvalue weighted by Gasteiger charge is 2.35. The van der Waals surface area contributed by atoms with Crippen molar-refractivity contribution in [1.82, 2.24) is 0 Å². The molecule has 68 valence electrons. The SMILES string of the molecule is COP(=O)(OC)[C@H](Br)[C@H](C)O. The Bertz CT molecular complexity index is 153. The number of halogens is 1. The normalized spacial score (nSPS) is 17.9. The fourth-order valence-corrected chi connectivity index (χ4v) is 2.62. The summed E-state index contributed by atoms with van der Waals surface area (Å²) in [6, 6.07) is 0. The van der Waals surface area contributed by atoms with E-state index in [1.165, 1.54) is 21.1 Å². The van der Waals surface area contributed by atoms with Crippen LogP contribution in [-0.4, -0.2) is 30.0 Å². The fraction of sp³-hybridized carbons (Fsp3) is 1.00. The molecule has 1 N–H and O–H groups in total. The van der Waals surface area contributed by atoms with Crippen molar-refractivity contribution in [1.29, 1.82) is 0 Å². The highest BCUT2D eigenvalue weighted by atomic mass is 79.9. The van der Waals surface area contributed by atoms with Crippen LogP contribution in [0.25, 0.3) is 0 Å². The van der Waals surface area contributed by atoms with E-state index in [0.29, 0.717) is 0 Å². The van der Waals surface area contributed by atoms with E-state index in [9.17, 15) is 4.57 Å². The Morgan fingerprint density at radius 3 is 1.91 bits per heavy atom. The Balaban J connectivity index is 4.38. The second-order valence-electron chi connectivity index (χ2n) is 2.02. The molecule has 0 unspecified atom stereocenters. The van der Waals surface area contributed by atoms with E-state index in [1.54, 1.807) is 0 Å². The molecular formula is C5H12BrO4P. The number of rotatable bonds is 4. The molecule has 0 aromatic carbocycles. The van der Waals surface area contributed by atoms with Crippen molar-refractivity contribution in [2.45, 2.75) is 17.6 Å². The number of hydrogen-bond acceptors (Lipinski definition) is 4. The summed E-state index contributed by atoms with van der Waals surface area (Å²) in [4.78, 5) is 0. The van der Waals surface area contributed by atoms with Crippen LogP contribution in [0, 0.1) is 0 Å². The maximum atomic E-state index is 11.4. The second kappa shape index (κ2) is 4.58. The van der Waals surface area contributed by atoms with Crippen LogP contribution in [0.3, 0.4) is 0 Å². The minimum absolute atomic E-state index is 0.676. The number of hydrogen-bond donors (Lipinski definition) is 1. The Labute approximate surface area is 74.6 Å². The molecule has 0 heterocycles. The van der Waals surface area contributed by atoms with E-state index in [0.717, 1.165) is 0 Å². The van der Waals surface area contributed by atoms with E-state index in [1.807, 2.05) is 0 Å². The van der Waals surface area contributed by atoms with E-state index in [-0.39, 0.29) is 0 Å². The lowest BCUT2D eigenvalue weighted by molar-refractivity contribution is 0.190. The first-order valence-electron chi connectivity index (χ1n) is 3.01. The summed E-state index contributed by atoms with van der Waals surface area (Å²) in [6.45, 7) is 1.50. The number of alkyl halides is 1. The second-order valence-corrected chi connectivity index (χ2v) is 6.08. The molecule has 0 bridgehead atoms. The van der Waals surface area contributed by atoms with Crippen molar-refractivity contribution < 1.29 is 18.7 Å². The van der Waals surface area contributed by atoms with Gasteiger partial charge in [0, 0.05) is 14.2 Å². The van der Waals surface area contributed by atoms with E-state index >= 15 is 0 Å². The predicted octanol–water partition coefficient (Wildman–Crippen LogP) is 1.57. The summed E-state index contributed by atoms with van der Waals surface area (Å²) >= 11 is 3.02. The molecule has 11 heavy (non-hydrogen) atoms. The van der Waals surface area contributed by atoms with Crippen molar-refractivity contribution >= 4 is 23.5 Å². The minimum Gasteiger partial charge on any atom is -0.392 e. The Morgan fingerprint density at radius 1 is 1.45 bits per heavy atom. The largest absolute Gasteiger partial charge is 0.392 e. The van der Waals surface area contributed by atoms with Crippen LogP contribution in [0.4, 0.5) is 0 Å². The van der Waals surface area contributed by atoms with E-state index in [2.05, 4.69) is 25.0 Å². The van der Waals surface area contributed by atoms with Gasteiger partial charge in [0.2, 0.25) is 0 Å². The zero-order chi connectivity index (χ0) is 9.07. The molecule has 0 rings (SSSR count). The highest BCUT2D eigenvalue weighted by Crippen LogP contribution is 2.55. The maximum Gasteiger partial charge on any atom is 0.346 e. The van der Waals surface area contributed by atoms with Crippen LogP contribution < -0.4 is 0 Å². The van der Waals surface area contributed by atoms with E-state index < -0.39 is 18.3 Å². The van der Waals surface area contributed by atoms with Gasteiger partial charge in [-0.25, -0.2) is 0 Å². The van der Waals surface area contributed by atoms with Crippen LogP contribution in [0.5, 0.6) is 0 Å². The van der Waals surface area contributed by atoms with Crippen molar-refractivity contribution in [3.05, 3.63) is 0 Å². The molecule has 0 aromatic rings. The van der Waals surface area contributed by atoms with Gasteiger partial charge >= 0.3 is 7.60 Å². The van der Waals surface area contributed by atoms with Gasteiger partial charge in [-0.1, -0.05) is 15.9 Å². The van der Waals surface area contributed by atoms with Gasteiger partial charge < -0.3 is 14.2 Å². The molecule has 2 atom stereocenters. The minimum atomic E-state index is -3.16. The van der Waals surface area contributed by atoms with E-state index in [4.69, 9.17) is 5.11 Å². The molecule has 6 heteroatoms. The summed E-state index contributed by atoms with van der Waals surface area (Å²) in [7, 11) is -0.604. The van der Waals surface area contributed by atoms with Crippen LogP contribution in [-0.2, 0) is 13.6 Å². The van der Waals surface area contributed by atoms with Crippen molar-refractivity contribution in [3.8, 4) is 0 Å². The topological polar surface area (TPSA) is 55.8 Å². The zero-order valence-electron chi connectivity index (χ0n) is 6.65. The lowest BCUT2D eigenvalue weighted by Crippen LogP contribution is -2.17. The van der Waals surface area contributed by atoms with Gasteiger partial charge in [-0.05, 0) is 6.92 Å². The summed E-state index contributed by atoms with van der Waals surface area (Å²) in [5.41, 5.74) is 0. The number of aliphatic hydroxyl groups excluding tert-OH is 1. The lowest BCUT2D eigenvalue weighted by Gasteiger charge is -2.20. The van der Waals surface area contributed by atoms with Gasteiger partial charge in [-0.3, -0.25) is 4.57 Å². The predicted molar refractivity (Wildman–Crippen MR) is 46.0 cm³/mol. The molecule has 0 radical (unpaired) electrons. The summed E-state index contributed by atoms with van der Waals surface area (Å²) in [5.74, 6) is 0. The van der Waals surface area contributed by atoms with Gasteiger partial charge in [0.1, 0.15) is 4.57 Å². The third-order valence-corrected chi connectivity index (χ3v) is 5.53. The molecule has 0 aliphatic carbocycles. The first-order valence-corrected chi connectivity index (χ1v) is 5.54. The molecular weight excluding hydrogens is 235 g/mol. The first kappa shape index (κ1) is 11.6. The summed E-state index contributed by atoms with van der Waals surface area (Å²) < 4.78 is 20.0. The molecule has 0 spiro atoms. The third-order valence-electron chi connectivity index (χ3n) is 1.21. The van der Waals surface area contributed by atoms with Gasteiger partial charge in [-0.15, -0.1) is 0 Å². The lowest BCUT2D eigenvalue weighted by atomic mass is 10.5. The van der Waals surface area contributed by atoms with Crippen molar-refractivity contribution in [3.63, 3.8) is 0 Å². The van der Waals surface area contributed by atoms with Crippen LogP contribution in [0.15, 0.2) is 0 Å². The Kier molecular flexibility index (Phi) is 4.82. The zero-order valence-corrected chi connectivity index (χ0v) is 9.13. The van der Waals surface area contributed by atoms with Gasteiger partial charge in [-0.2, -0.15) is 0 Å². The highest BCUT2D eigenvalue weighted by molar-refractivity contribution is 9.10. The standard InChI is InChI=1S/C5H12BrO4P/c1-4(7)5(6)11(8,9-2)10-3/h4-5,7H,1-3H3/t4-,5-/m0/s1. The smallest absolute Gasteiger partial charge is 0.346 e. The number of aliphatic hydroxyl groups is 1. The molecule has 0 aliphatic rings. The first-order chi connectivity index (χ1) is 4.98. The van der Waals surface area contributed by atoms with Gasteiger partial charge in [0.05, 0.1) is 6.10 Å². The quantitative estimate of drug-likeness (QED) is 0.605. The van der Waals surface area contributed by atoms with Crippen LogP contribution in [0.1, 0.15) is 6.92 Å². The summed E-state index contributed by atoms with van der Waals surface area (Å²) in [5, 5.41) is 9.04. The average molecular weight is 247 g/mol. The maximum absolute atomic E-state index is 11.4.